The summed E-state index contributed by atoms with van der Waals surface area (Å²) in [5, 5.41) is 3.28. The van der Waals surface area contributed by atoms with Gasteiger partial charge < -0.3 is 5.73 Å². The third-order valence-corrected chi connectivity index (χ3v) is 4.33. The third-order valence-electron chi connectivity index (χ3n) is 1.88. The molecule has 84 valence electrons. The molecule has 0 atom stereocenters. The maximum absolute atomic E-state index is 11.8. The topological polar surface area (TPSA) is 68.0 Å². The Kier molecular flexibility index (Phi) is 3.27. The molecule has 0 bridgehead atoms. The van der Waals surface area contributed by atoms with E-state index in [9.17, 15) is 4.79 Å². The van der Waals surface area contributed by atoms with Crippen molar-refractivity contribution in [3.8, 4) is 0 Å². The minimum Gasteiger partial charge on any atom is -0.398 e. The lowest BCUT2D eigenvalue weighted by Crippen LogP contribution is -2.09. The molecule has 0 aliphatic rings. The number of thiazole rings is 1. The molecular formula is C9H8BrN3OS2. The van der Waals surface area contributed by atoms with Crippen molar-refractivity contribution in [3.63, 3.8) is 0 Å². The van der Waals surface area contributed by atoms with Gasteiger partial charge in [-0.1, -0.05) is 11.3 Å². The number of hydrogen-bond acceptors (Lipinski definition) is 5. The van der Waals surface area contributed by atoms with Gasteiger partial charge in [0.05, 0.1) is 14.9 Å². The second-order valence-electron chi connectivity index (χ2n) is 3.05. The molecule has 0 spiro atoms. The van der Waals surface area contributed by atoms with E-state index in [1.54, 1.807) is 12.3 Å². The van der Waals surface area contributed by atoms with Crippen LogP contribution in [0.5, 0.6) is 0 Å². The molecule has 16 heavy (non-hydrogen) atoms. The van der Waals surface area contributed by atoms with Crippen molar-refractivity contribution in [2.24, 2.45) is 0 Å². The first-order chi connectivity index (χ1) is 7.56. The molecule has 2 heterocycles. The van der Waals surface area contributed by atoms with Gasteiger partial charge in [-0.2, -0.15) is 0 Å². The monoisotopic (exact) mass is 317 g/mol. The fourth-order valence-corrected chi connectivity index (χ4v) is 3.02. The van der Waals surface area contributed by atoms with E-state index in [0.717, 1.165) is 8.66 Å². The zero-order valence-corrected chi connectivity index (χ0v) is 11.5. The average molecular weight is 318 g/mol. The Morgan fingerprint density at radius 3 is 2.81 bits per heavy atom. The quantitative estimate of drug-likeness (QED) is 0.894. The van der Waals surface area contributed by atoms with Gasteiger partial charge in [0.25, 0.3) is 5.91 Å². The van der Waals surface area contributed by atoms with E-state index in [2.05, 4.69) is 26.2 Å². The van der Waals surface area contributed by atoms with E-state index in [1.165, 1.54) is 22.7 Å². The van der Waals surface area contributed by atoms with E-state index >= 15 is 0 Å². The number of rotatable bonds is 2. The van der Waals surface area contributed by atoms with Crippen LogP contribution in [0.1, 0.15) is 14.5 Å². The summed E-state index contributed by atoms with van der Waals surface area (Å²) in [5.41, 5.74) is 6.33. The van der Waals surface area contributed by atoms with Crippen LogP contribution in [0.2, 0.25) is 0 Å². The van der Waals surface area contributed by atoms with E-state index in [-0.39, 0.29) is 5.91 Å². The first kappa shape index (κ1) is 11.6. The van der Waals surface area contributed by atoms with Crippen molar-refractivity contribution in [3.05, 3.63) is 25.8 Å². The Balaban J connectivity index is 2.14. The van der Waals surface area contributed by atoms with Gasteiger partial charge in [0.15, 0.2) is 5.13 Å². The predicted octanol–water partition coefficient (Wildman–Crippen LogP) is 3.11. The zero-order chi connectivity index (χ0) is 11.7. The first-order valence-electron chi connectivity index (χ1n) is 4.35. The van der Waals surface area contributed by atoms with Crippen molar-refractivity contribution in [1.82, 2.24) is 4.98 Å². The zero-order valence-electron chi connectivity index (χ0n) is 8.28. The van der Waals surface area contributed by atoms with E-state index < -0.39 is 0 Å². The summed E-state index contributed by atoms with van der Waals surface area (Å²) >= 11 is 6.03. The SMILES string of the molecule is Cc1sc(C(=O)Nc2ncc(Br)s2)cc1N. The van der Waals surface area contributed by atoms with Crippen LogP contribution in [0, 0.1) is 6.92 Å². The molecule has 2 aromatic rings. The number of carbonyl (C=O) groups is 1. The normalized spacial score (nSPS) is 10.4. The molecule has 0 aliphatic heterocycles. The molecule has 2 aromatic heterocycles. The Labute approximate surface area is 109 Å². The summed E-state index contributed by atoms with van der Waals surface area (Å²) < 4.78 is 0.879. The third kappa shape index (κ3) is 2.42. The smallest absolute Gasteiger partial charge is 0.267 e. The number of aromatic nitrogens is 1. The van der Waals surface area contributed by atoms with Gasteiger partial charge in [-0.05, 0) is 28.9 Å². The summed E-state index contributed by atoms with van der Waals surface area (Å²) in [5.74, 6) is -0.174. The van der Waals surface area contributed by atoms with Crippen LogP contribution in [-0.2, 0) is 0 Å². The molecule has 1 amide bonds. The van der Waals surface area contributed by atoms with E-state index in [4.69, 9.17) is 5.73 Å². The highest BCUT2D eigenvalue weighted by Crippen LogP contribution is 2.26. The summed E-state index contributed by atoms with van der Waals surface area (Å²) in [6.07, 6.45) is 1.65. The lowest BCUT2D eigenvalue weighted by molar-refractivity contribution is 0.103. The van der Waals surface area contributed by atoms with Crippen LogP contribution in [0.4, 0.5) is 10.8 Å². The lowest BCUT2D eigenvalue weighted by atomic mass is 10.4. The van der Waals surface area contributed by atoms with Crippen molar-refractivity contribution >= 4 is 55.3 Å². The second-order valence-corrected chi connectivity index (χ2v) is 6.71. The molecule has 4 nitrogen and oxygen atoms in total. The lowest BCUT2D eigenvalue weighted by Gasteiger charge is -1.96. The number of carbonyl (C=O) groups excluding carboxylic acids is 1. The summed E-state index contributed by atoms with van der Waals surface area (Å²) in [4.78, 5) is 17.4. The average Bonchev–Trinajstić information content (AvgIpc) is 2.75. The molecule has 0 aromatic carbocycles. The second kappa shape index (κ2) is 4.52. The van der Waals surface area contributed by atoms with Crippen molar-refractivity contribution in [1.29, 1.82) is 0 Å². The summed E-state index contributed by atoms with van der Waals surface area (Å²) in [6.45, 7) is 1.89. The summed E-state index contributed by atoms with van der Waals surface area (Å²) in [6, 6.07) is 1.68. The standard InChI is InChI=1S/C9H8BrN3OS2/c1-4-5(11)2-6(15-4)8(14)13-9-12-3-7(10)16-9/h2-3H,11H2,1H3,(H,12,13,14). The highest BCUT2D eigenvalue weighted by molar-refractivity contribution is 9.11. The Morgan fingerprint density at radius 2 is 2.31 bits per heavy atom. The number of nitrogens with zero attached hydrogens (tertiary/aromatic N) is 1. The first-order valence-corrected chi connectivity index (χ1v) is 6.77. The molecule has 0 saturated carbocycles. The van der Waals surface area contributed by atoms with Crippen molar-refractivity contribution in [2.45, 2.75) is 6.92 Å². The number of nitrogens with two attached hydrogens (primary N) is 1. The van der Waals surface area contributed by atoms with Crippen LogP contribution in [0.3, 0.4) is 0 Å². The summed E-state index contributed by atoms with van der Waals surface area (Å²) in [7, 11) is 0. The maximum atomic E-state index is 11.8. The van der Waals surface area contributed by atoms with Crippen LogP contribution in [0.15, 0.2) is 16.0 Å². The van der Waals surface area contributed by atoms with Crippen molar-refractivity contribution < 1.29 is 4.79 Å². The fraction of sp³-hybridized carbons (Fsp3) is 0.111. The Bertz CT molecular complexity index is 515. The Morgan fingerprint density at radius 1 is 1.56 bits per heavy atom. The maximum Gasteiger partial charge on any atom is 0.267 e. The van der Waals surface area contributed by atoms with Crippen LogP contribution in [0.25, 0.3) is 0 Å². The largest absolute Gasteiger partial charge is 0.398 e. The molecule has 0 aliphatic carbocycles. The minimum atomic E-state index is -0.174. The molecule has 0 radical (unpaired) electrons. The number of nitrogen functional groups attached to an aromatic ring is 1. The van der Waals surface area contributed by atoms with E-state index in [0.29, 0.717) is 15.7 Å². The van der Waals surface area contributed by atoms with Gasteiger partial charge in [-0.25, -0.2) is 4.98 Å². The number of hydrogen-bond donors (Lipinski definition) is 2. The molecule has 3 N–H and O–H groups in total. The molecule has 0 saturated heterocycles. The molecule has 0 unspecified atom stereocenters. The minimum absolute atomic E-state index is 0.174. The van der Waals surface area contributed by atoms with Crippen LogP contribution < -0.4 is 11.1 Å². The number of nitrogens with one attached hydrogen (secondary N) is 1. The van der Waals surface area contributed by atoms with Crippen molar-refractivity contribution in [2.75, 3.05) is 11.1 Å². The van der Waals surface area contributed by atoms with Gasteiger partial charge in [-0.3, -0.25) is 10.1 Å². The van der Waals surface area contributed by atoms with Crippen LogP contribution in [-0.4, -0.2) is 10.9 Å². The highest BCUT2D eigenvalue weighted by Gasteiger charge is 2.12. The predicted molar refractivity (Wildman–Crippen MR) is 71.2 cm³/mol. The fourth-order valence-electron chi connectivity index (χ4n) is 1.08. The molecule has 0 fully saturated rings. The number of aryl methyl sites for hydroxylation is 1. The van der Waals surface area contributed by atoms with Gasteiger partial charge >= 0.3 is 0 Å². The molecule has 7 heteroatoms. The number of amides is 1. The number of halogens is 1. The van der Waals surface area contributed by atoms with Gasteiger partial charge in [0, 0.05) is 10.6 Å². The van der Waals surface area contributed by atoms with Gasteiger partial charge in [0.2, 0.25) is 0 Å². The van der Waals surface area contributed by atoms with Gasteiger partial charge in [-0.15, -0.1) is 11.3 Å². The molecular weight excluding hydrogens is 310 g/mol. The number of thiophene rings is 1. The van der Waals surface area contributed by atoms with E-state index in [1.807, 2.05) is 6.92 Å². The molecule has 2 rings (SSSR count). The Hall–Kier alpha value is -0.920. The van der Waals surface area contributed by atoms with Gasteiger partial charge in [0.1, 0.15) is 0 Å². The van der Waals surface area contributed by atoms with Crippen LogP contribution >= 0.6 is 38.6 Å². The number of anilines is 2. The highest BCUT2D eigenvalue weighted by atomic mass is 79.9.